The maximum atomic E-state index is 5.19. The van der Waals surface area contributed by atoms with Crippen LogP contribution in [0.5, 0.6) is 0 Å². The van der Waals surface area contributed by atoms with Gasteiger partial charge in [-0.2, -0.15) is 0 Å². The number of hydrogen-bond acceptors (Lipinski definition) is 3. The van der Waals surface area contributed by atoms with E-state index in [2.05, 4.69) is 127 Å². The average Bonchev–Trinajstić information content (AvgIpc) is 3.08. The third-order valence-electron chi connectivity index (χ3n) is 7.89. The van der Waals surface area contributed by atoms with E-state index in [1.165, 1.54) is 16.3 Å². The molecule has 8 rings (SSSR count). The molecule has 0 aliphatic heterocycles. The monoisotopic (exact) mass is 535 g/mol. The van der Waals surface area contributed by atoms with Crippen molar-refractivity contribution < 1.29 is 0 Å². The van der Waals surface area contributed by atoms with Crippen molar-refractivity contribution in [1.29, 1.82) is 0 Å². The van der Waals surface area contributed by atoms with Gasteiger partial charge in [-0.25, -0.2) is 15.0 Å². The lowest BCUT2D eigenvalue weighted by Gasteiger charge is -2.15. The quantitative estimate of drug-likeness (QED) is 0.166. The number of rotatable bonds is 4. The maximum absolute atomic E-state index is 5.19. The summed E-state index contributed by atoms with van der Waals surface area (Å²) in [6.45, 7) is 0. The van der Waals surface area contributed by atoms with E-state index in [9.17, 15) is 0 Å². The largest absolute Gasteiger partial charge is 0.208 e. The molecule has 0 aliphatic rings. The minimum absolute atomic E-state index is 0.653. The molecule has 3 heteroatoms. The summed E-state index contributed by atoms with van der Waals surface area (Å²) in [5.41, 5.74) is 5.27. The fourth-order valence-electron chi connectivity index (χ4n) is 5.85. The average molecular weight is 536 g/mol. The van der Waals surface area contributed by atoms with Gasteiger partial charge in [-0.1, -0.05) is 146 Å². The fraction of sp³-hybridized carbons (Fsp3) is 0. The SMILES string of the molecule is c1ccc(-c2ccc(-c3nc(-c4ccccc4)nc(-c4c5ccccc5cc5ccc6ccccc6c45)n3)cc2)cc1. The standard InChI is InChI=1S/C39H25N3/c1-3-11-26(12-4-1)27-19-22-30(23-20-27)38-40-37(29-14-5-2-6-15-29)41-39(42-38)36-34-18-10-8-16-31(34)25-32-24-21-28-13-7-9-17-33(28)35(32)36/h1-25H. The normalized spacial score (nSPS) is 11.3. The highest BCUT2D eigenvalue weighted by molar-refractivity contribution is 6.21. The van der Waals surface area contributed by atoms with Crippen LogP contribution in [0.3, 0.4) is 0 Å². The fourth-order valence-corrected chi connectivity index (χ4v) is 5.85. The van der Waals surface area contributed by atoms with Crippen LogP contribution < -0.4 is 0 Å². The lowest BCUT2D eigenvalue weighted by Crippen LogP contribution is -2.01. The predicted octanol–water partition coefficient (Wildman–Crippen LogP) is 10.00. The molecule has 0 spiro atoms. The molecule has 0 bridgehead atoms. The molecular weight excluding hydrogens is 510 g/mol. The van der Waals surface area contributed by atoms with Crippen molar-refractivity contribution in [2.75, 3.05) is 0 Å². The van der Waals surface area contributed by atoms with Crippen molar-refractivity contribution >= 4 is 32.3 Å². The molecule has 196 valence electrons. The van der Waals surface area contributed by atoms with Crippen molar-refractivity contribution in [3.05, 3.63) is 152 Å². The third kappa shape index (κ3) is 4.20. The highest BCUT2D eigenvalue weighted by Crippen LogP contribution is 2.40. The third-order valence-corrected chi connectivity index (χ3v) is 7.89. The van der Waals surface area contributed by atoms with Crippen molar-refractivity contribution in [1.82, 2.24) is 15.0 Å². The second kappa shape index (κ2) is 10.1. The molecule has 0 atom stereocenters. The van der Waals surface area contributed by atoms with E-state index in [0.29, 0.717) is 17.5 Å². The molecule has 0 saturated carbocycles. The minimum atomic E-state index is 0.653. The Morgan fingerprint density at radius 3 is 1.50 bits per heavy atom. The first kappa shape index (κ1) is 24.2. The van der Waals surface area contributed by atoms with Gasteiger partial charge in [-0.15, -0.1) is 0 Å². The van der Waals surface area contributed by atoms with E-state index >= 15 is 0 Å². The first-order chi connectivity index (χ1) is 20.8. The summed E-state index contributed by atoms with van der Waals surface area (Å²) in [6.07, 6.45) is 0. The zero-order chi connectivity index (χ0) is 27.9. The van der Waals surface area contributed by atoms with Crippen molar-refractivity contribution in [2.24, 2.45) is 0 Å². The Kier molecular flexibility index (Phi) is 5.79. The zero-order valence-electron chi connectivity index (χ0n) is 22.8. The van der Waals surface area contributed by atoms with Crippen LogP contribution in [0.4, 0.5) is 0 Å². The van der Waals surface area contributed by atoms with Crippen LogP contribution in [0.15, 0.2) is 152 Å². The van der Waals surface area contributed by atoms with Crippen LogP contribution in [0.1, 0.15) is 0 Å². The topological polar surface area (TPSA) is 38.7 Å². The Morgan fingerprint density at radius 2 is 0.786 bits per heavy atom. The predicted molar refractivity (Wildman–Crippen MR) is 174 cm³/mol. The second-order valence-corrected chi connectivity index (χ2v) is 10.5. The van der Waals surface area contributed by atoms with Gasteiger partial charge in [0.05, 0.1) is 0 Å². The Morgan fingerprint density at radius 1 is 0.310 bits per heavy atom. The number of fused-ring (bicyclic) bond motifs is 4. The van der Waals surface area contributed by atoms with Gasteiger partial charge in [0.1, 0.15) is 0 Å². The van der Waals surface area contributed by atoms with Gasteiger partial charge < -0.3 is 0 Å². The Labute approximate surface area is 243 Å². The summed E-state index contributed by atoms with van der Waals surface area (Å²) in [5, 5.41) is 6.98. The molecule has 42 heavy (non-hydrogen) atoms. The van der Waals surface area contributed by atoms with E-state index in [1.54, 1.807) is 0 Å². The summed E-state index contributed by atoms with van der Waals surface area (Å²) >= 11 is 0. The van der Waals surface area contributed by atoms with Gasteiger partial charge in [0, 0.05) is 22.1 Å². The van der Waals surface area contributed by atoms with E-state index in [4.69, 9.17) is 15.0 Å². The van der Waals surface area contributed by atoms with Crippen molar-refractivity contribution in [3.63, 3.8) is 0 Å². The molecule has 0 saturated heterocycles. The van der Waals surface area contributed by atoms with Crippen LogP contribution in [-0.4, -0.2) is 15.0 Å². The maximum Gasteiger partial charge on any atom is 0.165 e. The molecule has 0 unspecified atom stereocenters. The molecule has 7 aromatic carbocycles. The van der Waals surface area contributed by atoms with Crippen molar-refractivity contribution in [3.8, 4) is 45.3 Å². The summed E-state index contributed by atoms with van der Waals surface area (Å²) in [6, 6.07) is 52.8. The molecule has 1 heterocycles. The second-order valence-electron chi connectivity index (χ2n) is 10.5. The van der Waals surface area contributed by atoms with Crippen LogP contribution in [-0.2, 0) is 0 Å². The van der Waals surface area contributed by atoms with E-state index in [1.807, 2.05) is 24.3 Å². The summed E-state index contributed by atoms with van der Waals surface area (Å²) < 4.78 is 0. The van der Waals surface area contributed by atoms with Gasteiger partial charge >= 0.3 is 0 Å². The molecule has 0 aliphatic carbocycles. The van der Waals surface area contributed by atoms with E-state index < -0.39 is 0 Å². The summed E-state index contributed by atoms with van der Waals surface area (Å²) in [5.74, 6) is 1.98. The van der Waals surface area contributed by atoms with Crippen LogP contribution >= 0.6 is 0 Å². The molecule has 3 nitrogen and oxygen atoms in total. The highest BCUT2D eigenvalue weighted by Gasteiger charge is 2.18. The van der Waals surface area contributed by atoms with Crippen LogP contribution in [0, 0.1) is 0 Å². The Bertz CT molecular complexity index is 2220. The van der Waals surface area contributed by atoms with Gasteiger partial charge in [-0.3, -0.25) is 0 Å². The first-order valence-electron chi connectivity index (χ1n) is 14.1. The smallest absolute Gasteiger partial charge is 0.165 e. The molecule has 0 fully saturated rings. The Hall–Kier alpha value is -5.67. The van der Waals surface area contributed by atoms with E-state index in [0.717, 1.165) is 43.8 Å². The lowest BCUT2D eigenvalue weighted by atomic mass is 9.92. The number of nitrogens with zero attached hydrogens (tertiary/aromatic N) is 3. The first-order valence-corrected chi connectivity index (χ1v) is 14.1. The molecule has 8 aromatic rings. The van der Waals surface area contributed by atoms with Crippen molar-refractivity contribution in [2.45, 2.75) is 0 Å². The van der Waals surface area contributed by atoms with Gasteiger partial charge in [0.25, 0.3) is 0 Å². The van der Waals surface area contributed by atoms with Gasteiger partial charge in [0.15, 0.2) is 17.5 Å². The number of benzene rings is 7. The summed E-state index contributed by atoms with van der Waals surface area (Å²) in [7, 11) is 0. The molecule has 0 amide bonds. The minimum Gasteiger partial charge on any atom is -0.208 e. The van der Waals surface area contributed by atoms with E-state index in [-0.39, 0.29) is 0 Å². The number of aromatic nitrogens is 3. The number of hydrogen-bond donors (Lipinski definition) is 0. The van der Waals surface area contributed by atoms with Gasteiger partial charge in [-0.05, 0) is 44.1 Å². The Balaban J connectivity index is 1.42. The molecule has 0 radical (unpaired) electrons. The summed E-state index contributed by atoms with van der Waals surface area (Å²) in [4.78, 5) is 15.3. The zero-order valence-corrected chi connectivity index (χ0v) is 22.8. The molecule has 1 aromatic heterocycles. The van der Waals surface area contributed by atoms with Crippen LogP contribution in [0.2, 0.25) is 0 Å². The molecule has 0 N–H and O–H groups in total. The highest BCUT2D eigenvalue weighted by atomic mass is 15.0. The molecular formula is C39H25N3. The lowest BCUT2D eigenvalue weighted by molar-refractivity contribution is 1.08. The van der Waals surface area contributed by atoms with Gasteiger partial charge in [0.2, 0.25) is 0 Å². The van der Waals surface area contributed by atoms with Crippen LogP contribution in [0.25, 0.3) is 77.6 Å².